The molecule has 1 nitrogen and oxygen atoms in total. The van der Waals surface area contributed by atoms with Crippen LogP contribution in [-0.2, 0) is 5.67 Å². The first-order chi connectivity index (χ1) is 7.29. The molecule has 3 aliphatic heterocycles. The van der Waals surface area contributed by atoms with Crippen LogP contribution in [-0.4, -0.2) is 24.5 Å². The Bertz CT molecular complexity index is 343. The molecule has 15 heavy (non-hydrogen) atoms. The van der Waals surface area contributed by atoms with Gasteiger partial charge in [-0.3, -0.25) is 4.90 Å². The molecule has 1 aromatic carbocycles. The summed E-state index contributed by atoms with van der Waals surface area (Å²) in [6.07, 6.45) is 2.04. The quantitative estimate of drug-likeness (QED) is 0.681. The lowest BCUT2D eigenvalue weighted by molar-refractivity contribution is -0.0588. The summed E-state index contributed by atoms with van der Waals surface area (Å²) >= 11 is 0. The van der Waals surface area contributed by atoms with E-state index in [0.717, 1.165) is 31.5 Å². The van der Waals surface area contributed by atoms with Gasteiger partial charge in [0.25, 0.3) is 0 Å². The van der Waals surface area contributed by atoms with Crippen molar-refractivity contribution in [3.63, 3.8) is 0 Å². The number of rotatable bonds is 1. The highest BCUT2D eigenvalue weighted by atomic mass is 19.1. The Labute approximate surface area is 89.9 Å². The molecule has 80 valence electrons. The van der Waals surface area contributed by atoms with E-state index in [1.54, 1.807) is 0 Å². The van der Waals surface area contributed by atoms with Crippen molar-refractivity contribution in [1.82, 2.24) is 4.90 Å². The van der Waals surface area contributed by atoms with Crippen LogP contribution in [0.4, 0.5) is 4.39 Å². The fourth-order valence-corrected chi connectivity index (χ4v) is 3.05. The van der Waals surface area contributed by atoms with Gasteiger partial charge in [0.1, 0.15) is 0 Å². The fraction of sp³-hybridized carbons (Fsp3) is 0.538. The highest BCUT2D eigenvalue weighted by Gasteiger charge is 2.48. The molecule has 3 heterocycles. The second-order valence-electron chi connectivity index (χ2n) is 4.78. The molecule has 3 aliphatic rings. The van der Waals surface area contributed by atoms with Crippen LogP contribution in [0.15, 0.2) is 30.3 Å². The maximum Gasteiger partial charge on any atom is 0.151 e. The Hall–Kier alpha value is -0.890. The predicted molar refractivity (Wildman–Crippen MR) is 58.4 cm³/mol. The van der Waals surface area contributed by atoms with Crippen LogP contribution in [0.2, 0.25) is 0 Å². The normalized spacial score (nSPS) is 39.3. The molecular formula is C13H16FN. The van der Waals surface area contributed by atoms with E-state index >= 15 is 0 Å². The number of fused-ring (bicyclic) bond motifs is 3. The Morgan fingerprint density at radius 3 is 2.33 bits per heavy atom. The topological polar surface area (TPSA) is 3.24 Å². The third-order valence-corrected chi connectivity index (χ3v) is 3.94. The van der Waals surface area contributed by atoms with Crippen molar-refractivity contribution in [2.24, 2.45) is 5.92 Å². The van der Waals surface area contributed by atoms with Crippen molar-refractivity contribution < 1.29 is 4.39 Å². The van der Waals surface area contributed by atoms with E-state index in [1.807, 2.05) is 30.3 Å². The minimum atomic E-state index is -1.09. The molecule has 4 rings (SSSR count). The van der Waals surface area contributed by atoms with Crippen LogP contribution in [0.25, 0.3) is 0 Å². The summed E-state index contributed by atoms with van der Waals surface area (Å²) in [6, 6.07) is 9.69. The monoisotopic (exact) mass is 205 g/mol. The van der Waals surface area contributed by atoms with Gasteiger partial charge in [-0.05, 0) is 31.5 Å². The highest BCUT2D eigenvalue weighted by Crippen LogP contribution is 2.45. The number of alkyl halides is 1. The second kappa shape index (κ2) is 3.31. The van der Waals surface area contributed by atoms with Crippen molar-refractivity contribution in [2.75, 3.05) is 19.6 Å². The van der Waals surface area contributed by atoms with E-state index < -0.39 is 5.67 Å². The largest absolute Gasteiger partial charge is 0.300 e. The van der Waals surface area contributed by atoms with Crippen molar-refractivity contribution in [2.45, 2.75) is 18.5 Å². The van der Waals surface area contributed by atoms with E-state index in [0.29, 0.717) is 6.54 Å². The van der Waals surface area contributed by atoms with E-state index in [1.165, 1.54) is 0 Å². The summed E-state index contributed by atoms with van der Waals surface area (Å²) in [5.74, 6) is 0.241. The lowest BCUT2D eigenvalue weighted by Gasteiger charge is -2.49. The molecule has 3 fully saturated rings. The van der Waals surface area contributed by atoms with Crippen LogP contribution in [0.1, 0.15) is 18.4 Å². The fourth-order valence-electron chi connectivity index (χ4n) is 3.05. The van der Waals surface area contributed by atoms with E-state index in [9.17, 15) is 4.39 Å². The predicted octanol–water partition coefficient (Wildman–Crippen LogP) is 2.58. The lowest BCUT2D eigenvalue weighted by Crippen LogP contribution is -2.54. The van der Waals surface area contributed by atoms with Gasteiger partial charge in [-0.2, -0.15) is 0 Å². The summed E-state index contributed by atoms with van der Waals surface area (Å²) < 4.78 is 15.0. The molecule has 0 spiro atoms. The van der Waals surface area contributed by atoms with Gasteiger partial charge in [-0.1, -0.05) is 30.3 Å². The minimum absolute atomic E-state index is 0.241. The summed E-state index contributed by atoms with van der Waals surface area (Å²) in [4.78, 5) is 2.26. The Balaban J connectivity index is 1.97. The summed E-state index contributed by atoms with van der Waals surface area (Å²) in [6.45, 7) is 2.77. The molecule has 1 aromatic rings. The van der Waals surface area contributed by atoms with Gasteiger partial charge < -0.3 is 0 Å². The first kappa shape index (κ1) is 9.34. The maximum absolute atomic E-state index is 15.0. The molecule has 0 aromatic heterocycles. The van der Waals surface area contributed by atoms with Gasteiger partial charge in [0.05, 0.1) is 0 Å². The molecule has 0 aliphatic carbocycles. The Morgan fingerprint density at radius 1 is 1.13 bits per heavy atom. The van der Waals surface area contributed by atoms with Gasteiger partial charge in [0.2, 0.25) is 0 Å². The Morgan fingerprint density at radius 2 is 1.80 bits per heavy atom. The van der Waals surface area contributed by atoms with E-state index in [2.05, 4.69) is 4.90 Å². The number of piperidine rings is 3. The third-order valence-electron chi connectivity index (χ3n) is 3.94. The van der Waals surface area contributed by atoms with Crippen LogP contribution in [0.3, 0.4) is 0 Å². The molecule has 2 heteroatoms. The SMILES string of the molecule is FC1(c2ccccc2)CN2CCC1CC2. The zero-order chi connectivity index (χ0) is 10.3. The maximum atomic E-state index is 15.0. The standard InChI is InChI=1S/C13H16FN/c14-13(11-4-2-1-3-5-11)10-15-8-6-12(13)7-9-15/h1-5,12H,6-10H2. The van der Waals surface area contributed by atoms with Gasteiger partial charge in [-0.25, -0.2) is 4.39 Å². The first-order valence-electron chi connectivity index (χ1n) is 5.76. The molecular weight excluding hydrogens is 189 g/mol. The average molecular weight is 205 g/mol. The van der Waals surface area contributed by atoms with Crippen molar-refractivity contribution in [3.8, 4) is 0 Å². The number of benzene rings is 1. The van der Waals surface area contributed by atoms with Crippen LogP contribution in [0, 0.1) is 5.92 Å². The molecule has 2 bridgehead atoms. The van der Waals surface area contributed by atoms with Gasteiger partial charge in [0.15, 0.2) is 5.67 Å². The van der Waals surface area contributed by atoms with E-state index in [4.69, 9.17) is 0 Å². The van der Waals surface area contributed by atoms with Crippen LogP contribution < -0.4 is 0 Å². The number of nitrogens with zero attached hydrogens (tertiary/aromatic N) is 1. The molecule has 0 amide bonds. The average Bonchev–Trinajstić information content (AvgIpc) is 2.31. The first-order valence-corrected chi connectivity index (χ1v) is 5.76. The van der Waals surface area contributed by atoms with Crippen molar-refractivity contribution in [3.05, 3.63) is 35.9 Å². The van der Waals surface area contributed by atoms with Crippen molar-refractivity contribution >= 4 is 0 Å². The summed E-state index contributed by atoms with van der Waals surface area (Å²) in [7, 11) is 0. The Kier molecular flexibility index (Phi) is 2.06. The van der Waals surface area contributed by atoms with Gasteiger partial charge >= 0.3 is 0 Å². The summed E-state index contributed by atoms with van der Waals surface area (Å²) in [5.41, 5.74) is -0.211. The van der Waals surface area contributed by atoms with Crippen LogP contribution in [0.5, 0.6) is 0 Å². The number of hydrogen-bond acceptors (Lipinski definition) is 1. The molecule has 1 atom stereocenters. The van der Waals surface area contributed by atoms with Gasteiger partial charge in [-0.15, -0.1) is 0 Å². The molecule has 0 N–H and O–H groups in total. The van der Waals surface area contributed by atoms with Crippen LogP contribution >= 0.6 is 0 Å². The van der Waals surface area contributed by atoms with Crippen molar-refractivity contribution in [1.29, 1.82) is 0 Å². The highest BCUT2D eigenvalue weighted by molar-refractivity contribution is 5.25. The molecule has 1 unspecified atom stereocenters. The number of halogens is 1. The molecule has 0 saturated carbocycles. The zero-order valence-electron chi connectivity index (χ0n) is 8.82. The summed E-state index contributed by atoms with van der Waals surface area (Å²) in [5, 5.41) is 0. The third kappa shape index (κ3) is 1.39. The second-order valence-corrected chi connectivity index (χ2v) is 4.78. The molecule has 3 saturated heterocycles. The molecule has 0 radical (unpaired) electrons. The minimum Gasteiger partial charge on any atom is -0.300 e. The van der Waals surface area contributed by atoms with Gasteiger partial charge in [0, 0.05) is 12.5 Å². The zero-order valence-corrected chi connectivity index (χ0v) is 8.82. The number of hydrogen-bond donors (Lipinski definition) is 0. The lowest BCUT2D eigenvalue weighted by atomic mass is 9.73. The van der Waals surface area contributed by atoms with E-state index in [-0.39, 0.29) is 5.92 Å². The smallest absolute Gasteiger partial charge is 0.151 e.